The summed E-state index contributed by atoms with van der Waals surface area (Å²) >= 11 is 0. The van der Waals surface area contributed by atoms with Crippen molar-refractivity contribution in [3.8, 4) is 0 Å². The highest BCUT2D eigenvalue weighted by atomic mass is 16.5. The van der Waals surface area contributed by atoms with Crippen LogP contribution in [0.25, 0.3) is 10.8 Å². The first-order valence-corrected chi connectivity index (χ1v) is 11.2. The molecule has 1 atom stereocenters. The minimum absolute atomic E-state index is 0.141. The second-order valence-electron chi connectivity index (χ2n) is 8.45. The SMILES string of the molecule is O=c1[nH]ccc2cc(NC3CCCNC3)nc(Nc3ccc(C4CCOCC4)cc3)c12. The Morgan fingerprint density at radius 2 is 1.90 bits per heavy atom. The monoisotopic (exact) mass is 419 g/mol. The highest BCUT2D eigenvalue weighted by Crippen LogP contribution is 2.29. The summed E-state index contributed by atoms with van der Waals surface area (Å²) < 4.78 is 5.48. The van der Waals surface area contributed by atoms with Crippen molar-refractivity contribution in [3.63, 3.8) is 0 Å². The Balaban J connectivity index is 1.42. The molecule has 0 amide bonds. The maximum atomic E-state index is 12.6. The number of ether oxygens (including phenoxy) is 1. The van der Waals surface area contributed by atoms with Gasteiger partial charge in [-0.25, -0.2) is 4.98 Å². The summed E-state index contributed by atoms with van der Waals surface area (Å²) in [4.78, 5) is 20.1. The molecule has 2 aromatic heterocycles. The van der Waals surface area contributed by atoms with Gasteiger partial charge in [0, 0.05) is 37.7 Å². The molecule has 0 aliphatic carbocycles. The first kappa shape index (κ1) is 20.0. The number of hydrogen-bond donors (Lipinski definition) is 4. The van der Waals surface area contributed by atoms with E-state index in [-0.39, 0.29) is 5.56 Å². The standard InChI is InChI=1S/C24H29N5O2/c30-24-22-18(7-11-26-24)14-21(27-20-2-1-10-25-15-20)29-23(22)28-19-5-3-16(4-6-19)17-8-12-31-13-9-17/h3-7,11,14,17,20,25H,1-2,8-10,12-13,15H2,(H,26,30)(H2,27,28,29). The van der Waals surface area contributed by atoms with Crippen molar-refractivity contribution in [3.05, 3.63) is 58.5 Å². The fraction of sp³-hybridized carbons (Fsp3) is 0.417. The Morgan fingerprint density at radius 1 is 1.06 bits per heavy atom. The number of rotatable bonds is 5. The van der Waals surface area contributed by atoms with Crippen molar-refractivity contribution in [2.75, 3.05) is 36.9 Å². The molecular weight excluding hydrogens is 390 g/mol. The van der Waals surface area contributed by atoms with E-state index in [1.807, 2.05) is 12.1 Å². The first-order valence-electron chi connectivity index (χ1n) is 11.2. The molecule has 3 aromatic rings. The molecule has 2 aliphatic rings. The van der Waals surface area contributed by atoms with Crippen LogP contribution in [-0.2, 0) is 4.74 Å². The molecule has 31 heavy (non-hydrogen) atoms. The Labute approximate surface area is 181 Å². The summed E-state index contributed by atoms with van der Waals surface area (Å²) in [6.07, 6.45) is 6.08. The Kier molecular flexibility index (Phi) is 5.86. The third-order valence-corrected chi connectivity index (χ3v) is 6.27. The lowest BCUT2D eigenvalue weighted by molar-refractivity contribution is 0.0853. The number of nitrogens with one attached hydrogen (secondary N) is 4. The molecule has 7 heteroatoms. The number of H-pyrrole nitrogens is 1. The number of nitrogens with zero attached hydrogens (tertiary/aromatic N) is 1. The van der Waals surface area contributed by atoms with Crippen LogP contribution in [0.2, 0.25) is 0 Å². The Morgan fingerprint density at radius 3 is 2.68 bits per heavy atom. The molecule has 7 nitrogen and oxygen atoms in total. The van der Waals surface area contributed by atoms with Gasteiger partial charge in [0.1, 0.15) is 11.6 Å². The van der Waals surface area contributed by atoms with Crippen molar-refractivity contribution in [2.24, 2.45) is 0 Å². The van der Waals surface area contributed by atoms with Crippen LogP contribution in [0.15, 0.2) is 47.4 Å². The summed E-state index contributed by atoms with van der Waals surface area (Å²) in [5, 5.41) is 11.8. The number of benzene rings is 1. The van der Waals surface area contributed by atoms with Gasteiger partial charge in [0.15, 0.2) is 0 Å². The van der Waals surface area contributed by atoms with Crippen molar-refractivity contribution in [1.29, 1.82) is 0 Å². The van der Waals surface area contributed by atoms with E-state index in [1.165, 1.54) is 5.56 Å². The van der Waals surface area contributed by atoms with E-state index in [4.69, 9.17) is 9.72 Å². The molecule has 2 saturated heterocycles. The molecule has 1 aromatic carbocycles. The van der Waals surface area contributed by atoms with Gasteiger partial charge in [0.2, 0.25) is 0 Å². The van der Waals surface area contributed by atoms with Crippen LogP contribution in [0.5, 0.6) is 0 Å². The number of piperidine rings is 1. The van der Waals surface area contributed by atoms with Crippen LogP contribution < -0.4 is 21.5 Å². The van der Waals surface area contributed by atoms with Crippen LogP contribution in [0.1, 0.15) is 37.2 Å². The topological polar surface area (TPSA) is 91.1 Å². The van der Waals surface area contributed by atoms with Crippen molar-refractivity contribution >= 4 is 28.1 Å². The van der Waals surface area contributed by atoms with Gasteiger partial charge < -0.3 is 25.7 Å². The van der Waals surface area contributed by atoms with E-state index in [0.29, 0.717) is 23.2 Å². The third kappa shape index (κ3) is 4.57. The highest BCUT2D eigenvalue weighted by Gasteiger charge is 2.17. The Hall–Kier alpha value is -2.90. The average molecular weight is 420 g/mol. The van der Waals surface area contributed by atoms with Crippen molar-refractivity contribution in [2.45, 2.75) is 37.6 Å². The molecule has 0 radical (unpaired) electrons. The van der Waals surface area contributed by atoms with Gasteiger partial charge in [0.25, 0.3) is 5.56 Å². The zero-order chi connectivity index (χ0) is 21.0. The van der Waals surface area contributed by atoms with E-state index >= 15 is 0 Å². The van der Waals surface area contributed by atoms with Crippen LogP contribution >= 0.6 is 0 Å². The van der Waals surface area contributed by atoms with Gasteiger partial charge in [-0.3, -0.25) is 4.79 Å². The van der Waals surface area contributed by atoms with Crippen LogP contribution in [0.4, 0.5) is 17.3 Å². The normalized spacial score (nSPS) is 19.9. The van der Waals surface area contributed by atoms with Gasteiger partial charge in [0.05, 0.1) is 5.39 Å². The average Bonchev–Trinajstić information content (AvgIpc) is 2.81. The summed E-state index contributed by atoms with van der Waals surface area (Å²) in [6, 6.07) is 12.7. The molecule has 0 saturated carbocycles. The number of fused-ring (bicyclic) bond motifs is 1. The van der Waals surface area contributed by atoms with E-state index in [2.05, 4.69) is 45.2 Å². The summed E-state index contributed by atoms with van der Waals surface area (Å²) in [5.41, 5.74) is 2.12. The molecule has 2 aliphatic heterocycles. The summed E-state index contributed by atoms with van der Waals surface area (Å²) in [5.74, 6) is 1.92. The van der Waals surface area contributed by atoms with E-state index in [1.54, 1.807) is 6.20 Å². The molecular formula is C24H29N5O2. The lowest BCUT2D eigenvalue weighted by atomic mass is 9.92. The molecule has 4 heterocycles. The largest absolute Gasteiger partial charge is 0.381 e. The fourth-order valence-electron chi connectivity index (χ4n) is 4.57. The van der Waals surface area contributed by atoms with E-state index < -0.39 is 0 Å². The van der Waals surface area contributed by atoms with Crippen LogP contribution in [-0.4, -0.2) is 42.3 Å². The number of aromatic amines is 1. The van der Waals surface area contributed by atoms with Crippen molar-refractivity contribution < 1.29 is 4.74 Å². The smallest absolute Gasteiger partial charge is 0.259 e. The van der Waals surface area contributed by atoms with Gasteiger partial charge in [-0.1, -0.05) is 12.1 Å². The molecule has 1 unspecified atom stereocenters. The number of hydrogen-bond acceptors (Lipinski definition) is 6. The van der Waals surface area contributed by atoms with Crippen LogP contribution in [0, 0.1) is 0 Å². The zero-order valence-electron chi connectivity index (χ0n) is 17.6. The number of aromatic nitrogens is 2. The molecule has 0 spiro atoms. The minimum Gasteiger partial charge on any atom is -0.381 e. The molecule has 4 N–H and O–H groups in total. The van der Waals surface area contributed by atoms with Crippen molar-refractivity contribution in [1.82, 2.24) is 15.3 Å². The first-order chi connectivity index (χ1) is 15.3. The second-order valence-corrected chi connectivity index (χ2v) is 8.45. The lowest BCUT2D eigenvalue weighted by Crippen LogP contribution is -2.38. The zero-order valence-corrected chi connectivity index (χ0v) is 17.6. The van der Waals surface area contributed by atoms with Gasteiger partial charge in [-0.05, 0) is 73.4 Å². The molecule has 2 fully saturated rings. The van der Waals surface area contributed by atoms with Gasteiger partial charge >= 0.3 is 0 Å². The number of anilines is 3. The fourth-order valence-corrected chi connectivity index (χ4v) is 4.57. The quantitative estimate of drug-likeness (QED) is 0.504. The molecule has 162 valence electrons. The molecule has 0 bridgehead atoms. The summed E-state index contributed by atoms with van der Waals surface area (Å²) in [7, 11) is 0. The number of pyridine rings is 2. The minimum atomic E-state index is -0.141. The van der Waals surface area contributed by atoms with E-state index in [0.717, 1.165) is 68.9 Å². The molecule has 5 rings (SSSR count). The maximum Gasteiger partial charge on any atom is 0.259 e. The Bertz CT molecular complexity index is 1080. The predicted octanol–water partition coefficient (Wildman–Crippen LogP) is 3.72. The lowest BCUT2D eigenvalue weighted by Gasteiger charge is -2.25. The maximum absolute atomic E-state index is 12.6. The highest BCUT2D eigenvalue weighted by molar-refractivity contribution is 5.94. The van der Waals surface area contributed by atoms with Gasteiger partial charge in [-0.2, -0.15) is 0 Å². The second kappa shape index (κ2) is 9.08. The van der Waals surface area contributed by atoms with Gasteiger partial charge in [-0.15, -0.1) is 0 Å². The summed E-state index contributed by atoms with van der Waals surface area (Å²) in [6.45, 7) is 3.65. The third-order valence-electron chi connectivity index (χ3n) is 6.27. The van der Waals surface area contributed by atoms with Crippen LogP contribution in [0.3, 0.4) is 0 Å². The predicted molar refractivity (Wildman–Crippen MR) is 124 cm³/mol. The van der Waals surface area contributed by atoms with E-state index in [9.17, 15) is 4.79 Å².